The summed E-state index contributed by atoms with van der Waals surface area (Å²) in [4.78, 5) is 24.3. The number of nitrogens with one attached hydrogen (secondary N) is 1. The summed E-state index contributed by atoms with van der Waals surface area (Å²) in [5.74, 6) is -0.860. The highest BCUT2D eigenvalue weighted by Gasteiger charge is 2.17. The van der Waals surface area contributed by atoms with E-state index < -0.39 is 5.91 Å². The molecule has 0 aliphatic carbocycles. The second kappa shape index (κ2) is 10.2. The maximum atomic E-state index is 12.2. The molecule has 0 unspecified atom stereocenters. The molecule has 0 fully saturated rings. The van der Waals surface area contributed by atoms with Gasteiger partial charge in [0.15, 0.2) is 5.69 Å². The number of halogens is 1. The van der Waals surface area contributed by atoms with E-state index in [-0.39, 0.29) is 30.4 Å². The number of carbonyl (C=O) groups excluding carboxylic acids is 2. The number of carbonyl (C=O) groups is 2. The molecule has 0 aliphatic rings. The zero-order valence-electron chi connectivity index (χ0n) is 17.6. The second-order valence-electron chi connectivity index (χ2n) is 7.28. The third-order valence-electron chi connectivity index (χ3n) is 4.91. The predicted octanol–water partition coefficient (Wildman–Crippen LogP) is 5.54. The predicted molar refractivity (Wildman–Crippen MR) is 121 cm³/mol. The van der Waals surface area contributed by atoms with Crippen LogP contribution in [0.2, 0.25) is 5.02 Å². The highest BCUT2D eigenvalue weighted by Crippen LogP contribution is 2.39. The molecule has 2 N–H and O–H groups in total. The highest BCUT2D eigenvalue weighted by atomic mass is 35.5. The molecule has 162 valence electrons. The highest BCUT2D eigenvalue weighted by molar-refractivity contribution is 6.33. The topological polar surface area (TPSA) is 96.0 Å². The number of aromatic nitrogens is 1. The van der Waals surface area contributed by atoms with Crippen molar-refractivity contribution in [3.8, 4) is 5.88 Å². The number of aryl methyl sites for hydroxylation is 2. The lowest BCUT2D eigenvalue weighted by Gasteiger charge is -2.05. The number of nitrogens with zero attached hydrogens (tertiary/aromatic N) is 3. The van der Waals surface area contributed by atoms with Crippen LogP contribution in [0.5, 0.6) is 5.88 Å². The van der Waals surface area contributed by atoms with E-state index >= 15 is 0 Å². The molecule has 0 saturated carbocycles. The number of benzene rings is 2. The van der Waals surface area contributed by atoms with Crippen molar-refractivity contribution in [3.63, 3.8) is 0 Å². The summed E-state index contributed by atoms with van der Waals surface area (Å²) in [5.41, 5.74) is 2.50. The van der Waals surface area contributed by atoms with Gasteiger partial charge in [0.1, 0.15) is 0 Å². The Morgan fingerprint density at radius 2 is 1.97 bits per heavy atom. The maximum absolute atomic E-state index is 12.2. The van der Waals surface area contributed by atoms with Crippen molar-refractivity contribution in [2.24, 2.45) is 10.2 Å². The monoisotopic (exact) mass is 440 g/mol. The van der Waals surface area contributed by atoms with Gasteiger partial charge in [-0.2, -0.15) is 0 Å². The third kappa shape index (κ3) is 5.30. The van der Waals surface area contributed by atoms with Crippen molar-refractivity contribution in [2.45, 2.75) is 39.7 Å². The number of amides is 2. The first-order valence-electron chi connectivity index (χ1n) is 10.2. The van der Waals surface area contributed by atoms with E-state index in [2.05, 4.69) is 22.5 Å². The van der Waals surface area contributed by atoms with Crippen LogP contribution in [-0.4, -0.2) is 28.0 Å². The van der Waals surface area contributed by atoms with Gasteiger partial charge in [0, 0.05) is 24.9 Å². The molecule has 0 spiro atoms. The number of azo groups is 1. The summed E-state index contributed by atoms with van der Waals surface area (Å²) in [6.45, 7) is 4.79. The molecule has 0 saturated heterocycles. The minimum atomic E-state index is -0.499. The number of fused-ring (bicyclic) bond motifs is 1. The molecule has 0 radical (unpaired) electrons. The van der Waals surface area contributed by atoms with Crippen molar-refractivity contribution >= 4 is 40.0 Å². The number of hydrogen-bond donors (Lipinski definition) is 2. The Morgan fingerprint density at radius 3 is 2.71 bits per heavy atom. The van der Waals surface area contributed by atoms with Crippen molar-refractivity contribution in [3.05, 3.63) is 58.6 Å². The summed E-state index contributed by atoms with van der Waals surface area (Å²) in [5, 5.41) is 22.2. The van der Waals surface area contributed by atoms with Gasteiger partial charge in [0.05, 0.1) is 16.1 Å². The van der Waals surface area contributed by atoms with Crippen molar-refractivity contribution in [1.82, 2.24) is 9.88 Å². The lowest BCUT2D eigenvalue weighted by atomic mass is 10.1. The van der Waals surface area contributed by atoms with Gasteiger partial charge < -0.3 is 15.0 Å². The molecule has 3 rings (SSSR count). The molecule has 31 heavy (non-hydrogen) atoms. The van der Waals surface area contributed by atoms with Crippen LogP contribution in [0.4, 0.5) is 5.69 Å². The van der Waals surface area contributed by atoms with E-state index in [9.17, 15) is 14.7 Å². The molecule has 1 aromatic heterocycles. The first kappa shape index (κ1) is 22.5. The second-order valence-corrected chi connectivity index (χ2v) is 7.68. The molecule has 3 aromatic rings. The first-order chi connectivity index (χ1) is 14.9. The van der Waals surface area contributed by atoms with Gasteiger partial charge in [-0.1, -0.05) is 48.7 Å². The Morgan fingerprint density at radius 1 is 1.19 bits per heavy atom. The quantitative estimate of drug-likeness (QED) is 0.450. The van der Waals surface area contributed by atoms with Crippen LogP contribution in [0.1, 0.15) is 42.1 Å². The van der Waals surface area contributed by atoms with Crippen LogP contribution in [0, 0.1) is 6.92 Å². The van der Waals surface area contributed by atoms with Gasteiger partial charge in [0.2, 0.25) is 5.88 Å². The largest absolute Gasteiger partial charge is 0.493 e. The first-order valence-corrected chi connectivity index (χ1v) is 10.6. The Bertz CT molecular complexity index is 1140. The molecule has 8 heteroatoms. The van der Waals surface area contributed by atoms with Crippen molar-refractivity contribution in [2.75, 3.05) is 6.54 Å². The van der Waals surface area contributed by atoms with Gasteiger partial charge >= 0.3 is 0 Å². The molecule has 2 aromatic carbocycles. The summed E-state index contributed by atoms with van der Waals surface area (Å²) >= 11 is 6.00. The van der Waals surface area contributed by atoms with E-state index in [4.69, 9.17) is 11.6 Å². The lowest BCUT2D eigenvalue weighted by molar-refractivity contribution is -0.118. The third-order valence-corrected chi connectivity index (χ3v) is 5.23. The van der Waals surface area contributed by atoms with E-state index in [0.29, 0.717) is 17.1 Å². The van der Waals surface area contributed by atoms with E-state index in [1.807, 2.05) is 25.1 Å². The van der Waals surface area contributed by atoms with Gasteiger partial charge in [-0.05, 0) is 37.6 Å². The molecule has 7 nitrogen and oxygen atoms in total. The van der Waals surface area contributed by atoms with E-state index in [1.54, 1.807) is 28.8 Å². The average molecular weight is 441 g/mol. The molecular formula is C23H25ClN4O3. The number of hydrogen-bond acceptors (Lipinski definition) is 4. The molecule has 0 bridgehead atoms. The van der Waals surface area contributed by atoms with Gasteiger partial charge in [-0.3, -0.25) is 9.59 Å². The van der Waals surface area contributed by atoms with Crippen molar-refractivity contribution < 1.29 is 14.7 Å². The van der Waals surface area contributed by atoms with Crippen LogP contribution in [-0.2, 0) is 11.3 Å². The summed E-state index contributed by atoms with van der Waals surface area (Å²) in [6.07, 6.45) is 1.88. The standard InChI is InChI=1S/C23H25ClN4O3/c1-3-4-13-28-19-10-9-15(2)14-17(19)21(23(28)31)27-26-20(29)11-12-25-22(30)16-7-5-6-8-18(16)24/h5-10,14,31H,3-4,11-13H2,1-2H3,(H,25,30). The Labute approximate surface area is 185 Å². The minimum absolute atomic E-state index is 0.00220. The molecule has 2 amide bonds. The zero-order valence-corrected chi connectivity index (χ0v) is 18.3. The summed E-state index contributed by atoms with van der Waals surface area (Å²) in [7, 11) is 0. The smallest absolute Gasteiger partial charge is 0.266 e. The van der Waals surface area contributed by atoms with Crippen molar-refractivity contribution in [1.29, 1.82) is 0 Å². The van der Waals surface area contributed by atoms with Crippen LogP contribution in [0.15, 0.2) is 52.7 Å². The van der Waals surface area contributed by atoms with Crippen LogP contribution < -0.4 is 5.32 Å². The fourth-order valence-corrected chi connectivity index (χ4v) is 3.48. The fourth-order valence-electron chi connectivity index (χ4n) is 3.26. The molecular weight excluding hydrogens is 416 g/mol. The minimum Gasteiger partial charge on any atom is -0.493 e. The maximum Gasteiger partial charge on any atom is 0.266 e. The summed E-state index contributed by atoms with van der Waals surface area (Å²) < 4.78 is 1.79. The number of unbranched alkanes of at least 4 members (excludes halogenated alkanes) is 1. The number of rotatable bonds is 8. The van der Waals surface area contributed by atoms with Crippen LogP contribution >= 0.6 is 11.6 Å². The Balaban J connectivity index is 1.69. The zero-order chi connectivity index (χ0) is 22.4. The van der Waals surface area contributed by atoms with E-state index in [0.717, 1.165) is 29.3 Å². The van der Waals surface area contributed by atoms with Gasteiger partial charge in [-0.25, -0.2) is 0 Å². The van der Waals surface area contributed by atoms with Gasteiger partial charge in [0.25, 0.3) is 11.8 Å². The normalized spacial score (nSPS) is 11.3. The lowest BCUT2D eigenvalue weighted by Crippen LogP contribution is -2.25. The molecule has 1 heterocycles. The van der Waals surface area contributed by atoms with Crippen LogP contribution in [0.3, 0.4) is 0 Å². The van der Waals surface area contributed by atoms with E-state index in [1.165, 1.54) is 0 Å². The SMILES string of the molecule is CCCCn1c(O)c(N=NC(=O)CCNC(=O)c2ccccc2Cl)c2cc(C)ccc21. The Hall–Kier alpha value is -3.19. The van der Waals surface area contributed by atoms with Crippen LogP contribution in [0.25, 0.3) is 10.9 Å². The van der Waals surface area contributed by atoms with Gasteiger partial charge in [-0.15, -0.1) is 10.2 Å². The number of aromatic hydroxyl groups is 1. The molecule has 0 atom stereocenters. The average Bonchev–Trinajstić information content (AvgIpc) is 3.00. The Kier molecular flexibility index (Phi) is 7.41. The summed E-state index contributed by atoms with van der Waals surface area (Å²) in [6, 6.07) is 12.5. The fraction of sp³-hybridized carbons (Fsp3) is 0.304. The molecule has 0 aliphatic heterocycles.